The van der Waals surface area contributed by atoms with Gasteiger partial charge in [0.15, 0.2) is 0 Å². The standard InChI is InChI=1S/C4H10O.H3O3PS/c1-3-5-4-2;1-4(2,3)5/h3-4H2,1-2H3;(H3,1,2,3,5). The Kier molecular flexibility index (Phi) is 9.96. The first-order valence-corrected chi connectivity index (χ1v) is 5.43. The van der Waals surface area contributed by atoms with Gasteiger partial charge >= 0.3 is 6.72 Å². The van der Waals surface area contributed by atoms with Crippen LogP contribution in [0.25, 0.3) is 0 Å². The van der Waals surface area contributed by atoms with Crippen LogP contribution in [-0.4, -0.2) is 27.9 Å². The first-order chi connectivity index (χ1) is 4.41. The van der Waals surface area contributed by atoms with Crippen LogP contribution in [0.4, 0.5) is 0 Å². The van der Waals surface area contributed by atoms with E-state index in [2.05, 4.69) is 11.8 Å². The minimum Gasteiger partial charge on any atom is -0.382 e. The molecule has 6 heteroatoms. The highest BCUT2D eigenvalue weighted by Crippen LogP contribution is 2.26. The molecule has 4 nitrogen and oxygen atoms in total. The molecule has 0 aromatic heterocycles. The van der Waals surface area contributed by atoms with Gasteiger partial charge in [0.05, 0.1) is 0 Å². The molecule has 0 atom stereocenters. The maximum atomic E-state index is 7.56. The van der Waals surface area contributed by atoms with Crippen molar-refractivity contribution in [2.24, 2.45) is 0 Å². The van der Waals surface area contributed by atoms with Gasteiger partial charge in [-0.1, -0.05) is 0 Å². The number of rotatable bonds is 2. The van der Waals surface area contributed by atoms with Crippen molar-refractivity contribution in [1.29, 1.82) is 0 Å². The van der Waals surface area contributed by atoms with Crippen molar-refractivity contribution in [2.75, 3.05) is 13.2 Å². The average molecular weight is 188 g/mol. The molecule has 10 heavy (non-hydrogen) atoms. The quantitative estimate of drug-likeness (QED) is 0.541. The van der Waals surface area contributed by atoms with E-state index in [0.29, 0.717) is 0 Å². The van der Waals surface area contributed by atoms with Crippen LogP contribution in [-0.2, 0) is 16.5 Å². The smallest absolute Gasteiger partial charge is 0.319 e. The van der Waals surface area contributed by atoms with Crippen LogP contribution >= 0.6 is 6.72 Å². The zero-order valence-corrected chi connectivity index (χ0v) is 7.73. The highest BCUT2D eigenvalue weighted by molar-refractivity contribution is 8.06. The molecule has 0 unspecified atom stereocenters. The van der Waals surface area contributed by atoms with Gasteiger partial charge < -0.3 is 19.4 Å². The monoisotopic (exact) mass is 188 g/mol. The van der Waals surface area contributed by atoms with E-state index in [4.69, 9.17) is 19.4 Å². The summed E-state index contributed by atoms with van der Waals surface area (Å²) in [7, 11) is 0. The van der Waals surface area contributed by atoms with E-state index in [1.54, 1.807) is 0 Å². The summed E-state index contributed by atoms with van der Waals surface area (Å²) in [6, 6.07) is 0. The minimum absolute atomic E-state index is 0.844. The fourth-order valence-electron chi connectivity index (χ4n) is 0.204. The van der Waals surface area contributed by atoms with Crippen LogP contribution in [0.15, 0.2) is 0 Å². The molecule has 0 saturated carbocycles. The highest BCUT2D eigenvalue weighted by Gasteiger charge is 1.92. The predicted molar refractivity (Wildman–Crippen MR) is 43.1 cm³/mol. The molecule has 0 aliphatic heterocycles. The van der Waals surface area contributed by atoms with Gasteiger partial charge in [0, 0.05) is 13.2 Å². The summed E-state index contributed by atoms with van der Waals surface area (Å²) in [5.74, 6) is 0. The van der Waals surface area contributed by atoms with Crippen molar-refractivity contribution >= 4 is 18.5 Å². The molecule has 0 bridgehead atoms. The molecule has 3 N–H and O–H groups in total. The van der Waals surface area contributed by atoms with Crippen molar-refractivity contribution in [2.45, 2.75) is 13.8 Å². The van der Waals surface area contributed by atoms with Gasteiger partial charge in [0.1, 0.15) is 0 Å². The summed E-state index contributed by atoms with van der Waals surface area (Å²) in [5.41, 5.74) is 0. The molecule has 0 aliphatic rings. The van der Waals surface area contributed by atoms with E-state index in [-0.39, 0.29) is 0 Å². The van der Waals surface area contributed by atoms with Gasteiger partial charge in [-0.25, -0.2) is 0 Å². The summed E-state index contributed by atoms with van der Waals surface area (Å²) in [4.78, 5) is 22.7. The van der Waals surface area contributed by atoms with Crippen molar-refractivity contribution in [3.8, 4) is 0 Å². The third kappa shape index (κ3) is 76.8. The van der Waals surface area contributed by atoms with Crippen LogP contribution in [0.2, 0.25) is 0 Å². The third-order valence-electron chi connectivity index (χ3n) is 0.408. The van der Waals surface area contributed by atoms with E-state index in [0.717, 1.165) is 13.2 Å². The molecular formula is C4H13O4PS. The normalized spacial score (nSPS) is 10.1. The van der Waals surface area contributed by atoms with E-state index in [1.807, 2.05) is 13.8 Å². The second-order valence-electron chi connectivity index (χ2n) is 1.29. The van der Waals surface area contributed by atoms with Crippen LogP contribution < -0.4 is 0 Å². The largest absolute Gasteiger partial charge is 0.382 e. The van der Waals surface area contributed by atoms with E-state index in [9.17, 15) is 0 Å². The van der Waals surface area contributed by atoms with Crippen molar-refractivity contribution in [1.82, 2.24) is 0 Å². The maximum absolute atomic E-state index is 7.56. The Morgan fingerprint density at radius 1 is 1.20 bits per heavy atom. The Hall–Kier alpha value is 0.490. The Balaban J connectivity index is 0. The number of hydrogen-bond donors (Lipinski definition) is 3. The molecule has 0 amide bonds. The Bertz CT molecular complexity index is 91.2. The van der Waals surface area contributed by atoms with E-state index >= 15 is 0 Å². The lowest BCUT2D eigenvalue weighted by molar-refractivity contribution is 0.162. The highest BCUT2D eigenvalue weighted by atomic mass is 32.5. The fourth-order valence-corrected chi connectivity index (χ4v) is 0.204. The van der Waals surface area contributed by atoms with Crippen LogP contribution in [0, 0.1) is 0 Å². The van der Waals surface area contributed by atoms with Gasteiger partial charge in [0.2, 0.25) is 0 Å². The lowest BCUT2D eigenvalue weighted by Gasteiger charge is -1.88. The molecular weight excluding hydrogens is 175 g/mol. The number of ether oxygens (including phenoxy) is 1. The second kappa shape index (κ2) is 7.60. The Morgan fingerprint density at radius 3 is 1.40 bits per heavy atom. The summed E-state index contributed by atoms with van der Waals surface area (Å²) < 4.78 is 4.83. The van der Waals surface area contributed by atoms with Gasteiger partial charge in [-0.05, 0) is 25.7 Å². The molecule has 0 radical (unpaired) electrons. The molecule has 0 aromatic rings. The third-order valence-corrected chi connectivity index (χ3v) is 0.408. The number of hydrogen-bond acceptors (Lipinski definition) is 2. The van der Waals surface area contributed by atoms with Gasteiger partial charge in [-0.3, -0.25) is 0 Å². The second-order valence-corrected chi connectivity index (χ2v) is 3.79. The van der Waals surface area contributed by atoms with Crippen LogP contribution in [0.5, 0.6) is 0 Å². The van der Waals surface area contributed by atoms with Crippen molar-refractivity contribution < 1.29 is 19.4 Å². The van der Waals surface area contributed by atoms with E-state index in [1.165, 1.54) is 0 Å². The molecule has 64 valence electrons. The van der Waals surface area contributed by atoms with E-state index < -0.39 is 6.72 Å². The predicted octanol–water partition coefficient (Wildman–Crippen LogP) is 0.231. The molecule has 0 spiro atoms. The van der Waals surface area contributed by atoms with Gasteiger partial charge in [-0.2, -0.15) is 0 Å². The first-order valence-electron chi connectivity index (χ1n) is 2.77. The lowest BCUT2D eigenvalue weighted by atomic mass is 10.8. The van der Waals surface area contributed by atoms with Gasteiger partial charge in [-0.15, -0.1) is 0 Å². The minimum atomic E-state index is -3.81. The Morgan fingerprint density at radius 2 is 1.40 bits per heavy atom. The van der Waals surface area contributed by atoms with Crippen molar-refractivity contribution in [3.63, 3.8) is 0 Å². The van der Waals surface area contributed by atoms with Crippen LogP contribution in [0.1, 0.15) is 13.8 Å². The topological polar surface area (TPSA) is 69.9 Å². The summed E-state index contributed by atoms with van der Waals surface area (Å²) in [6.07, 6.45) is 0. The van der Waals surface area contributed by atoms with Crippen molar-refractivity contribution in [3.05, 3.63) is 0 Å². The summed E-state index contributed by atoms with van der Waals surface area (Å²) in [6.45, 7) is 1.86. The Labute approximate surface area is 65.7 Å². The molecule has 0 aromatic carbocycles. The maximum Gasteiger partial charge on any atom is 0.319 e. The molecule has 0 rings (SSSR count). The molecule has 0 aliphatic carbocycles. The molecule has 0 fully saturated rings. The fraction of sp³-hybridized carbons (Fsp3) is 1.00. The summed E-state index contributed by atoms with van der Waals surface area (Å²) in [5, 5.41) is 0. The van der Waals surface area contributed by atoms with Gasteiger partial charge in [0.25, 0.3) is 0 Å². The zero-order chi connectivity index (χ0) is 8.62. The SMILES string of the molecule is CCOCC.OP(O)(O)=S. The van der Waals surface area contributed by atoms with Crippen LogP contribution in [0.3, 0.4) is 0 Å². The average Bonchev–Trinajstić information content (AvgIpc) is 1.63. The zero-order valence-electron chi connectivity index (χ0n) is 6.02. The lowest BCUT2D eigenvalue weighted by Crippen LogP contribution is -1.84. The molecule has 0 saturated heterocycles. The first kappa shape index (κ1) is 13.1. The summed E-state index contributed by atoms with van der Waals surface area (Å²) >= 11 is 3.60. The molecule has 0 heterocycles.